The number of aryl methyl sites for hydroxylation is 2. The predicted octanol–water partition coefficient (Wildman–Crippen LogP) is 5.25. The minimum Gasteiger partial charge on any atom is -0.322 e. The Hall–Kier alpha value is -3.32. The van der Waals surface area contributed by atoms with Crippen LogP contribution in [0.5, 0.6) is 0 Å². The molecule has 2 aromatic heterocycles. The highest BCUT2D eigenvalue weighted by molar-refractivity contribution is 5.83. The van der Waals surface area contributed by atoms with Crippen LogP contribution >= 0.6 is 0 Å². The summed E-state index contributed by atoms with van der Waals surface area (Å²) in [6, 6.07) is 16.6. The monoisotopic (exact) mass is 470 g/mol. The van der Waals surface area contributed by atoms with Crippen LogP contribution in [0.3, 0.4) is 0 Å². The number of pyridine rings is 1. The molecule has 0 saturated heterocycles. The van der Waals surface area contributed by atoms with E-state index in [4.69, 9.17) is 0 Å². The van der Waals surface area contributed by atoms with Gasteiger partial charge >= 0.3 is 0 Å². The molecule has 0 bridgehead atoms. The first-order valence-electron chi connectivity index (χ1n) is 12.7. The predicted molar refractivity (Wildman–Crippen MR) is 138 cm³/mol. The minimum absolute atomic E-state index is 0.0859. The Morgan fingerprint density at radius 3 is 2.60 bits per heavy atom. The smallest absolute Gasteiger partial charge is 0.253 e. The van der Waals surface area contributed by atoms with Crippen LogP contribution in [0.15, 0.2) is 53.3 Å². The van der Waals surface area contributed by atoms with Gasteiger partial charge in [-0.3, -0.25) is 9.69 Å². The van der Waals surface area contributed by atoms with E-state index in [-0.39, 0.29) is 17.6 Å². The molecule has 0 aliphatic heterocycles. The molecule has 2 aromatic carbocycles. The summed E-state index contributed by atoms with van der Waals surface area (Å²) in [6.07, 6.45) is 5.77. The molecule has 0 amide bonds. The first-order valence-corrected chi connectivity index (χ1v) is 12.7. The summed E-state index contributed by atoms with van der Waals surface area (Å²) in [6.45, 7) is 7.73. The molecule has 7 nitrogen and oxygen atoms in total. The summed E-state index contributed by atoms with van der Waals surface area (Å²) >= 11 is 0. The average molecular weight is 471 g/mol. The second kappa shape index (κ2) is 10.1. The molecule has 182 valence electrons. The SMILES string of the molecule is CCN(Cc1ccccc1)[C@@H](c1cc2c(C)cc(C)cc2[nH]c1=O)c1nnnn1C1CCCCC1. The summed E-state index contributed by atoms with van der Waals surface area (Å²) < 4.78 is 2.00. The van der Waals surface area contributed by atoms with Crippen LogP contribution in [0.25, 0.3) is 10.9 Å². The maximum absolute atomic E-state index is 13.6. The van der Waals surface area contributed by atoms with Gasteiger partial charge in [-0.05, 0) is 72.5 Å². The first kappa shape index (κ1) is 23.4. The highest BCUT2D eigenvalue weighted by atomic mass is 16.1. The third-order valence-electron chi connectivity index (χ3n) is 7.32. The van der Waals surface area contributed by atoms with E-state index in [0.717, 1.165) is 47.2 Å². The van der Waals surface area contributed by atoms with Crippen molar-refractivity contribution < 1.29 is 0 Å². The van der Waals surface area contributed by atoms with Crippen molar-refractivity contribution in [3.05, 3.63) is 87.0 Å². The number of hydrogen-bond acceptors (Lipinski definition) is 5. The molecule has 0 unspecified atom stereocenters. The van der Waals surface area contributed by atoms with Gasteiger partial charge in [-0.1, -0.05) is 62.6 Å². The van der Waals surface area contributed by atoms with Crippen molar-refractivity contribution in [3.8, 4) is 0 Å². The lowest BCUT2D eigenvalue weighted by atomic mass is 9.94. The van der Waals surface area contributed by atoms with Gasteiger partial charge in [0.25, 0.3) is 5.56 Å². The van der Waals surface area contributed by atoms with E-state index in [1.54, 1.807) is 0 Å². The number of rotatable bonds is 7. The van der Waals surface area contributed by atoms with Gasteiger partial charge in [0.15, 0.2) is 5.82 Å². The normalized spacial score (nSPS) is 15.7. The second-order valence-corrected chi connectivity index (χ2v) is 9.82. The fraction of sp³-hybridized carbons (Fsp3) is 0.429. The molecule has 1 N–H and O–H groups in total. The Balaban J connectivity index is 1.67. The van der Waals surface area contributed by atoms with E-state index in [9.17, 15) is 4.79 Å². The van der Waals surface area contributed by atoms with E-state index in [1.165, 1.54) is 24.8 Å². The molecule has 1 saturated carbocycles. The molecule has 1 aliphatic carbocycles. The number of fused-ring (bicyclic) bond motifs is 1. The molecule has 2 heterocycles. The van der Waals surface area contributed by atoms with Crippen molar-refractivity contribution in [1.29, 1.82) is 0 Å². The Morgan fingerprint density at radius 1 is 1.09 bits per heavy atom. The number of H-pyrrole nitrogens is 1. The third-order valence-corrected chi connectivity index (χ3v) is 7.32. The lowest BCUT2D eigenvalue weighted by molar-refractivity contribution is 0.204. The van der Waals surface area contributed by atoms with E-state index in [0.29, 0.717) is 12.1 Å². The maximum atomic E-state index is 13.6. The van der Waals surface area contributed by atoms with E-state index in [1.807, 2.05) is 16.8 Å². The van der Waals surface area contributed by atoms with Gasteiger partial charge in [0.2, 0.25) is 0 Å². The van der Waals surface area contributed by atoms with Crippen LogP contribution in [0.1, 0.15) is 79.2 Å². The molecular formula is C28H34N6O. The number of tetrazole rings is 1. The van der Waals surface area contributed by atoms with Crippen molar-refractivity contribution in [2.75, 3.05) is 6.54 Å². The fourth-order valence-corrected chi connectivity index (χ4v) is 5.56. The molecule has 35 heavy (non-hydrogen) atoms. The lowest BCUT2D eigenvalue weighted by Crippen LogP contribution is -2.35. The van der Waals surface area contributed by atoms with Gasteiger partial charge < -0.3 is 4.98 Å². The van der Waals surface area contributed by atoms with Gasteiger partial charge in [-0.25, -0.2) is 4.68 Å². The number of nitrogens with zero attached hydrogens (tertiary/aromatic N) is 5. The van der Waals surface area contributed by atoms with E-state index < -0.39 is 0 Å². The quantitative estimate of drug-likeness (QED) is 0.399. The first-order chi connectivity index (χ1) is 17.0. The standard InChI is InChI=1S/C28H34N6O/c1-4-33(18-21-11-7-5-8-12-21)26(27-30-31-32-34(27)22-13-9-6-10-14-22)24-17-23-20(3)15-19(2)16-25(23)29-28(24)35/h5,7-8,11-12,15-17,22,26H,4,6,9-10,13-14,18H2,1-3H3,(H,29,35)/t26-/m0/s1. The van der Waals surface area contributed by atoms with E-state index >= 15 is 0 Å². The Bertz CT molecular complexity index is 1350. The Kier molecular flexibility index (Phi) is 6.77. The zero-order valence-corrected chi connectivity index (χ0v) is 20.9. The highest BCUT2D eigenvalue weighted by Crippen LogP contribution is 2.34. The summed E-state index contributed by atoms with van der Waals surface area (Å²) in [7, 11) is 0. The largest absolute Gasteiger partial charge is 0.322 e. The fourth-order valence-electron chi connectivity index (χ4n) is 5.56. The van der Waals surface area contributed by atoms with Crippen LogP contribution < -0.4 is 5.56 Å². The van der Waals surface area contributed by atoms with Gasteiger partial charge in [-0.15, -0.1) is 5.10 Å². The van der Waals surface area contributed by atoms with Crippen molar-refractivity contribution >= 4 is 10.9 Å². The summed E-state index contributed by atoms with van der Waals surface area (Å²) in [5.41, 5.74) is 4.95. The zero-order chi connectivity index (χ0) is 24.4. The molecule has 0 radical (unpaired) electrons. The topological polar surface area (TPSA) is 79.7 Å². The molecule has 7 heteroatoms. The van der Waals surface area contributed by atoms with E-state index in [2.05, 4.69) is 82.6 Å². The number of aromatic amines is 1. The zero-order valence-electron chi connectivity index (χ0n) is 20.9. The summed E-state index contributed by atoms with van der Waals surface area (Å²) in [4.78, 5) is 19.1. The number of benzene rings is 2. The van der Waals surface area contributed by atoms with Gasteiger partial charge in [-0.2, -0.15) is 0 Å². The molecule has 1 atom stereocenters. The third kappa shape index (κ3) is 4.78. The van der Waals surface area contributed by atoms with Gasteiger partial charge in [0.05, 0.1) is 6.04 Å². The molecule has 1 aliphatic rings. The molecule has 5 rings (SSSR count). The van der Waals surface area contributed by atoms with Crippen LogP contribution in [-0.2, 0) is 6.54 Å². The van der Waals surface area contributed by atoms with Crippen LogP contribution in [-0.4, -0.2) is 36.6 Å². The van der Waals surface area contributed by atoms with Gasteiger partial charge in [0.1, 0.15) is 6.04 Å². The van der Waals surface area contributed by atoms with Gasteiger partial charge in [0, 0.05) is 23.0 Å². The minimum atomic E-state index is -0.356. The number of nitrogens with one attached hydrogen (secondary N) is 1. The van der Waals surface area contributed by atoms with Crippen molar-refractivity contribution in [2.45, 2.75) is 71.5 Å². The van der Waals surface area contributed by atoms with Crippen LogP contribution in [0, 0.1) is 13.8 Å². The van der Waals surface area contributed by atoms with Crippen molar-refractivity contribution in [1.82, 2.24) is 30.1 Å². The summed E-state index contributed by atoms with van der Waals surface area (Å²) in [5, 5.41) is 14.2. The molecular weight excluding hydrogens is 436 g/mol. The highest BCUT2D eigenvalue weighted by Gasteiger charge is 2.32. The average Bonchev–Trinajstić information content (AvgIpc) is 3.34. The number of aromatic nitrogens is 5. The van der Waals surface area contributed by atoms with Crippen molar-refractivity contribution in [3.63, 3.8) is 0 Å². The Morgan fingerprint density at radius 2 is 1.86 bits per heavy atom. The van der Waals surface area contributed by atoms with Crippen LogP contribution in [0.4, 0.5) is 0 Å². The van der Waals surface area contributed by atoms with Crippen LogP contribution in [0.2, 0.25) is 0 Å². The molecule has 4 aromatic rings. The second-order valence-electron chi connectivity index (χ2n) is 9.82. The maximum Gasteiger partial charge on any atom is 0.253 e. The number of hydrogen-bond donors (Lipinski definition) is 1. The lowest BCUT2D eigenvalue weighted by Gasteiger charge is -2.32. The summed E-state index contributed by atoms with van der Waals surface area (Å²) in [5.74, 6) is 0.754. The Labute approximate surface area is 206 Å². The van der Waals surface area contributed by atoms with Crippen molar-refractivity contribution in [2.24, 2.45) is 0 Å². The molecule has 1 fully saturated rings. The molecule has 0 spiro atoms.